The summed E-state index contributed by atoms with van der Waals surface area (Å²) < 4.78 is 72.3. The highest BCUT2D eigenvalue weighted by Gasteiger charge is 2.33. The second kappa shape index (κ2) is 10.9. The van der Waals surface area contributed by atoms with Gasteiger partial charge in [0.15, 0.2) is 9.84 Å². The molecule has 0 fully saturated rings. The van der Waals surface area contributed by atoms with Crippen LogP contribution in [-0.2, 0) is 21.4 Å². The molecule has 0 spiro atoms. The zero-order valence-electron chi connectivity index (χ0n) is 19.8. The summed E-state index contributed by atoms with van der Waals surface area (Å²) in [5, 5.41) is 0. The molecule has 9 heteroatoms. The van der Waals surface area contributed by atoms with Gasteiger partial charge in [0, 0.05) is 11.5 Å². The van der Waals surface area contributed by atoms with Gasteiger partial charge in [-0.25, -0.2) is 8.42 Å². The van der Waals surface area contributed by atoms with Crippen molar-refractivity contribution < 1.29 is 26.1 Å². The molecular formula is C24H34F3NO4S. The fourth-order valence-electron chi connectivity index (χ4n) is 3.51. The van der Waals surface area contributed by atoms with Crippen LogP contribution in [0.4, 0.5) is 13.2 Å². The lowest BCUT2D eigenvalue weighted by Crippen LogP contribution is -2.18. The maximum absolute atomic E-state index is 13.3. The van der Waals surface area contributed by atoms with Gasteiger partial charge in [0.1, 0.15) is 11.4 Å². The topological polar surface area (TPSA) is 69.3 Å². The molecule has 0 aliphatic carbocycles. The van der Waals surface area contributed by atoms with Gasteiger partial charge in [-0.05, 0) is 24.6 Å². The fraction of sp³-hybridized carbons (Fsp3) is 0.625. The third-order valence-corrected chi connectivity index (χ3v) is 7.33. The molecule has 0 radical (unpaired) electrons. The first kappa shape index (κ1) is 27.2. The Balaban J connectivity index is 2.32. The standard InChI is InChI=1S/C24H34F3NO4S/c1-5-6-7-8-9-10-11-12-15-33(30,31)20-14-13-18(24(25,26)27)16-19(20)28-22(29)17-21(32-28)23(2,3)4/h13-14,16-17H,5-12,15H2,1-4H3. The van der Waals surface area contributed by atoms with E-state index in [2.05, 4.69) is 6.92 Å². The van der Waals surface area contributed by atoms with E-state index in [9.17, 15) is 26.4 Å². The van der Waals surface area contributed by atoms with Crippen LogP contribution in [0.5, 0.6) is 0 Å². The molecule has 2 rings (SSSR count). The van der Waals surface area contributed by atoms with E-state index in [1.807, 2.05) is 0 Å². The van der Waals surface area contributed by atoms with Gasteiger partial charge in [-0.1, -0.05) is 72.6 Å². The van der Waals surface area contributed by atoms with Crippen molar-refractivity contribution >= 4 is 9.84 Å². The number of sulfone groups is 1. The van der Waals surface area contributed by atoms with Crippen molar-refractivity contribution in [3.05, 3.63) is 45.9 Å². The van der Waals surface area contributed by atoms with E-state index in [0.29, 0.717) is 17.2 Å². The highest BCUT2D eigenvalue weighted by Crippen LogP contribution is 2.34. The van der Waals surface area contributed by atoms with Crippen LogP contribution < -0.4 is 5.56 Å². The maximum Gasteiger partial charge on any atom is 0.416 e. The van der Waals surface area contributed by atoms with E-state index >= 15 is 0 Å². The van der Waals surface area contributed by atoms with Gasteiger partial charge in [0.05, 0.1) is 16.2 Å². The minimum atomic E-state index is -4.70. The Morgan fingerprint density at radius 1 is 0.909 bits per heavy atom. The van der Waals surface area contributed by atoms with E-state index < -0.39 is 38.2 Å². The van der Waals surface area contributed by atoms with Crippen molar-refractivity contribution in [2.45, 2.75) is 95.5 Å². The molecule has 5 nitrogen and oxygen atoms in total. The molecule has 0 atom stereocenters. The Labute approximate surface area is 193 Å². The summed E-state index contributed by atoms with van der Waals surface area (Å²) in [4.78, 5) is 12.2. The molecule has 33 heavy (non-hydrogen) atoms. The monoisotopic (exact) mass is 489 g/mol. The molecule has 1 aromatic heterocycles. The van der Waals surface area contributed by atoms with E-state index in [4.69, 9.17) is 4.52 Å². The van der Waals surface area contributed by atoms with Crippen LogP contribution in [0.1, 0.15) is 90.4 Å². The predicted octanol–water partition coefficient (Wildman–Crippen LogP) is 6.66. The first-order valence-corrected chi connectivity index (χ1v) is 13.1. The number of benzene rings is 1. The molecule has 0 aliphatic heterocycles. The van der Waals surface area contributed by atoms with E-state index in [0.717, 1.165) is 50.7 Å². The Hall–Kier alpha value is -2.03. The first-order chi connectivity index (χ1) is 15.3. The summed E-state index contributed by atoms with van der Waals surface area (Å²) in [5.74, 6) is 0.0402. The number of halogens is 3. The molecule has 0 amide bonds. The molecule has 0 bridgehead atoms. The van der Waals surface area contributed by atoms with Gasteiger partial charge < -0.3 is 4.52 Å². The number of hydrogen-bond donors (Lipinski definition) is 0. The molecular weight excluding hydrogens is 455 g/mol. The number of alkyl halides is 3. The molecule has 0 saturated heterocycles. The van der Waals surface area contributed by atoms with Gasteiger partial charge in [-0.2, -0.15) is 13.2 Å². The normalized spacial score (nSPS) is 12.9. The second-order valence-electron chi connectivity index (χ2n) is 9.46. The molecule has 186 valence electrons. The summed E-state index contributed by atoms with van der Waals surface area (Å²) in [6.45, 7) is 7.48. The predicted molar refractivity (Wildman–Crippen MR) is 123 cm³/mol. The van der Waals surface area contributed by atoms with Gasteiger partial charge in [-0.3, -0.25) is 4.79 Å². The lowest BCUT2D eigenvalue weighted by molar-refractivity contribution is -0.137. The quantitative estimate of drug-likeness (QED) is 0.331. The molecule has 0 N–H and O–H groups in total. The van der Waals surface area contributed by atoms with Crippen molar-refractivity contribution in [1.29, 1.82) is 0 Å². The van der Waals surface area contributed by atoms with Crippen LogP contribution in [0.2, 0.25) is 0 Å². The molecule has 0 aliphatic rings. The van der Waals surface area contributed by atoms with E-state index in [1.54, 1.807) is 20.8 Å². The van der Waals surface area contributed by atoms with Crippen molar-refractivity contribution in [1.82, 2.24) is 4.74 Å². The zero-order valence-corrected chi connectivity index (χ0v) is 20.6. The first-order valence-electron chi connectivity index (χ1n) is 11.5. The Morgan fingerprint density at radius 2 is 1.48 bits per heavy atom. The SMILES string of the molecule is CCCCCCCCCCS(=O)(=O)c1ccc(C(F)(F)F)cc1-n1oc(C(C)(C)C)cc1=O. The number of aromatic nitrogens is 1. The number of unbranched alkanes of at least 4 members (excludes halogenated alkanes) is 7. The lowest BCUT2D eigenvalue weighted by atomic mass is 9.94. The van der Waals surface area contributed by atoms with Gasteiger partial charge >= 0.3 is 6.18 Å². The summed E-state index contributed by atoms with van der Waals surface area (Å²) in [7, 11) is -3.93. The number of nitrogens with zero attached hydrogens (tertiary/aromatic N) is 1. The third kappa shape index (κ3) is 7.48. The van der Waals surface area contributed by atoms with Gasteiger partial charge in [0.25, 0.3) is 5.56 Å². The minimum absolute atomic E-state index is 0.206. The van der Waals surface area contributed by atoms with Crippen LogP contribution >= 0.6 is 0 Å². The minimum Gasteiger partial charge on any atom is -0.375 e. The molecule has 1 heterocycles. The number of rotatable bonds is 11. The van der Waals surface area contributed by atoms with Crippen LogP contribution in [0, 0.1) is 0 Å². The summed E-state index contributed by atoms with van der Waals surface area (Å²) in [5.41, 5.74) is -2.76. The fourth-order valence-corrected chi connectivity index (χ4v) is 5.05. The van der Waals surface area contributed by atoms with Crippen LogP contribution in [0.3, 0.4) is 0 Å². The smallest absolute Gasteiger partial charge is 0.375 e. The molecule has 0 saturated carbocycles. The highest BCUT2D eigenvalue weighted by molar-refractivity contribution is 7.91. The molecule has 1 aromatic carbocycles. The average Bonchev–Trinajstić information content (AvgIpc) is 3.11. The molecule has 2 aromatic rings. The van der Waals surface area contributed by atoms with Crippen molar-refractivity contribution in [3.8, 4) is 5.69 Å². The summed E-state index contributed by atoms with van der Waals surface area (Å²) >= 11 is 0. The van der Waals surface area contributed by atoms with Crippen molar-refractivity contribution in [3.63, 3.8) is 0 Å². The largest absolute Gasteiger partial charge is 0.416 e. The lowest BCUT2D eigenvalue weighted by Gasteiger charge is -2.15. The summed E-state index contributed by atoms with van der Waals surface area (Å²) in [6, 6.07) is 3.49. The Kier molecular flexibility index (Phi) is 9.01. The van der Waals surface area contributed by atoms with Crippen molar-refractivity contribution in [2.75, 3.05) is 5.75 Å². The average molecular weight is 490 g/mol. The van der Waals surface area contributed by atoms with Gasteiger partial charge in [0.2, 0.25) is 0 Å². The van der Waals surface area contributed by atoms with E-state index in [1.165, 1.54) is 12.5 Å². The van der Waals surface area contributed by atoms with E-state index in [-0.39, 0.29) is 16.4 Å². The van der Waals surface area contributed by atoms with Gasteiger partial charge in [-0.15, -0.1) is 4.74 Å². The summed E-state index contributed by atoms with van der Waals surface area (Å²) in [6.07, 6.45) is 2.98. The molecule has 0 unspecified atom stereocenters. The number of hydrogen-bond acceptors (Lipinski definition) is 4. The Bertz CT molecular complexity index is 1080. The Morgan fingerprint density at radius 3 is 2.00 bits per heavy atom. The second-order valence-corrected chi connectivity index (χ2v) is 11.5. The maximum atomic E-state index is 13.3. The van der Waals surface area contributed by atoms with Crippen molar-refractivity contribution in [2.24, 2.45) is 0 Å². The van der Waals surface area contributed by atoms with Crippen LogP contribution in [0.25, 0.3) is 5.69 Å². The van der Waals surface area contributed by atoms with Crippen LogP contribution in [-0.4, -0.2) is 18.9 Å². The van der Waals surface area contributed by atoms with Crippen LogP contribution in [0.15, 0.2) is 38.5 Å². The zero-order chi connectivity index (χ0) is 24.9. The third-order valence-electron chi connectivity index (χ3n) is 5.49. The highest BCUT2D eigenvalue weighted by atomic mass is 32.2.